The molecular formula is C23H25N3O5S. The first-order chi connectivity index (χ1) is 15.4. The maximum absolute atomic E-state index is 13.3. The van der Waals surface area contributed by atoms with Gasteiger partial charge in [0.05, 0.1) is 32.0 Å². The Labute approximate surface area is 188 Å². The minimum absolute atomic E-state index is 0.0512. The highest BCUT2D eigenvalue weighted by atomic mass is 32.2. The van der Waals surface area contributed by atoms with Gasteiger partial charge in [-0.2, -0.15) is 9.57 Å². The Morgan fingerprint density at radius 1 is 1.25 bits per heavy atom. The fourth-order valence-corrected chi connectivity index (χ4v) is 4.99. The van der Waals surface area contributed by atoms with Gasteiger partial charge in [-0.3, -0.25) is 4.79 Å². The van der Waals surface area contributed by atoms with E-state index in [9.17, 15) is 13.2 Å². The van der Waals surface area contributed by atoms with Gasteiger partial charge in [-0.05, 0) is 35.9 Å². The largest absolute Gasteiger partial charge is 0.495 e. The van der Waals surface area contributed by atoms with Crippen molar-refractivity contribution in [1.29, 1.82) is 5.26 Å². The van der Waals surface area contributed by atoms with Gasteiger partial charge < -0.3 is 14.4 Å². The summed E-state index contributed by atoms with van der Waals surface area (Å²) in [6.45, 7) is 5.40. The zero-order chi connectivity index (χ0) is 23.1. The van der Waals surface area contributed by atoms with Crippen molar-refractivity contribution in [2.75, 3.05) is 40.0 Å². The molecule has 168 valence electrons. The molecule has 0 aliphatic carbocycles. The lowest BCUT2D eigenvalue weighted by Crippen LogP contribution is -2.40. The van der Waals surface area contributed by atoms with Crippen LogP contribution in [0.2, 0.25) is 0 Å². The van der Waals surface area contributed by atoms with Gasteiger partial charge >= 0.3 is 0 Å². The van der Waals surface area contributed by atoms with E-state index in [-0.39, 0.29) is 48.3 Å². The SMILES string of the molecule is C=CCN(Cc1ccc(C#N)cc1)C(=O)c1ccc(OC)c(S(=O)(=O)N2CCOCC2)c1. The van der Waals surface area contributed by atoms with Crippen molar-refractivity contribution in [3.8, 4) is 11.8 Å². The highest BCUT2D eigenvalue weighted by molar-refractivity contribution is 7.89. The molecule has 3 rings (SSSR count). The van der Waals surface area contributed by atoms with Gasteiger partial charge in [0.15, 0.2) is 0 Å². The van der Waals surface area contributed by atoms with Crippen molar-refractivity contribution < 1.29 is 22.7 Å². The zero-order valence-corrected chi connectivity index (χ0v) is 18.7. The van der Waals surface area contributed by atoms with Crippen molar-refractivity contribution in [2.45, 2.75) is 11.4 Å². The molecule has 32 heavy (non-hydrogen) atoms. The van der Waals surface area contributed by atoms with E-state index in [1.807, 2.05) is 0 Å². The van der Waals surface area contributed by atoms with Crippen molar-refractivity contribution in [2.24, 2.45) is 0 Å². The molecule has 0 atom stereocenters. The summed E-state index contributed by atoms with van der Waals surface area (Å²) >= 11 is 0. The Bertz CT molecular complexity index is 1120. The van der Waals surface area contributed by atoms with Crippen LogP contribution in [0, 0.1) is 11.3 Å². The van der Waals surface area contributed by atoms with Crippen molar-refractivity contribution in [3.63, 3.8) is 0 Å². The molecular weight excluding hydrogens is 430 g/mol. The summed E-state index contributed by atoms with van der Waals surface area (Å²) in [5.74, 6) is -0.161. The van der Waals surface area contributed by atoms with Gasteiger partial charge in [0, 0.05) is 31.7 Å². The number of methoxy groups -OCH3 is 1. The standard InChI is InChI=1S/C23H25N3O5S/c1-3-10-25(17-19-6-4-18(16-24)5-7-19)23(27)20-8-9-21(30-2)22(15-20)32(28,29)26-11-13-31-14-12-26/h3-9,15H,1,10-14,17H2,2H3. The Kier molecular flexibility index (Phi) is 7.64. The van der Waals surface area contributed by atoms with Crippen LogP contribution >= 0.6 is 0 Å². The van der Waals surface area contributed by atoms with Crippen LogP contribution < -0.4 is 4.74 Å². The summed E-state index contributed by atoms with van der Waals surface area (Å²) in [4.78, 5) is 14.8. The summed E-state index contributed by atoms with van der Waals surface area (Å²) in [5, 5.41) is 8.96. The highest BCUT2D eigenvalue weighted by Gasteiger charge is 2.30. The summed E-state index contributed by atoms with van der Waals surface area (Å²) < 4.78 is 38.3. The number of carbonyl (C=O) groups is 1. The molecule has 1 amide bonds. The molecule has 2 aromatic carbocycles. The van der Waals surface area contributed by atoms with Gasteiger partial charge in [0.2, 0.25) is 10.0 Å². The molecule has 1 aliphatic rings. The lowest BCUT2D eigenvalue weighted by Gasteiger charge is -2.27. The van der Waals surface area contributed by atoms with Crippen LogP contribution in [0.25, 0.3) is 0 Å². The summed E-state index contributed by atoms with van der Waals surface area (Å²) in [6.07, 6.45) is 1.61. The number of sulfonamides is 1. The first-order valence-corrected chi connectivity index (χ1v) is 11.5. The second kappa shape index (κ2) is 10.4. The molecule has 9 heteroatoms. The van der Waals surface area contributed by atoms with Gasteiger partial charge in [0.1, 0.15) is 10.6 Å². The van der Waals surface area contributed by atoms with Crippen LogP contribution in [0.4, 0.5) is 0 Å². The maximum Gasteiger partial charge on any atom is 0.254 e. The van der Waals surface area contributed by atoms with Crippen LogP contribution in [0.5, 0.6) is 5.75 Å². The molecule has 1 saturated heterocycles. The number of hydrogen-bond acceptors (Lipinski definition) is 6. The molecule has 2 aromatic rings. The van der Waals surface area contributed by atoms with Crippen molar-refractivity contribution in [3.05, 3.63) is 71.8 Å². The Balaban J connectivity index is 1.92. The van der Waals surface area contributed by atoms with E-state index in [1.165, 1.54) is 23.5 Å². The molecule has 8 nitrogen and oxygen atoms in total. The van der Waals surface area contributed by atoms with Crippen molar-refractivity contribution in [1.82, 2.24) is 9.21 Å². The lowest BCUT2D eigenvalue weighted by molar-refractivity contribution is 0.0729. The third-order valence-corrected chi connectivity index (χ3v) is 7.01. The molecule has 1 fully saturated rings. The van der Waals surface area contributed by atoms with E-state index in [0.29, 0.717) is 18.8 Å². The van der Waals surface area contributed by atoms with Gasteiger partial charge in [-0.25, -0.2) is 8.42 Å². The number of amides is 1. The average Bonchev–Trinajstić information content (AvgIpc) is 2.84. The fourth-order valence-electron chi connectivity index (χ4n) is 3.40. The zero-order valence-electron chi connectivity index (χ0n) is 17.9. The van der Waals surface area contributed by atoms with E-state index in [1.54, 1.807) is 41.3 Å². The number of morpholine rings is 1. The van der Waals surface area contributed by atoms with E-state index in [2.05, 4.69) is 12.6 Å². The van der Waals surface area contributed by atoms with Crippen LogP contribution in [-0.4, -0.2) is 63.5 Å². The second-order valence-electron chi connectivity index (χ2n) is 7.17. The third-order valence-electron chi connectivity index (χ3n) is 5.09. The molecule has 0 spiro atoms. The van der Waals surface area contributed by atoms with Crippen LogP contribution in [0.3, 0.4) is 0 Å². The number of benzene rings is 2. The summed E-state index contributed by atoms with van der Waals surface area (Å²) in [7, 11) is -2.47. The quantitative estimate of drug-likeness (QED) is 0.567. The first kappa shape index (κ1) is 23.5. The third kappa shape index (κ3) is 5.16. The second-order valence-corrected chi connectivity index (χ2v) is 9.07. The number of ether oxygens (including phenoxy) is 2. The van der Waals surface area contributed by atoms with Crippen molar-refractivity contribution >= 4 is 15.9 Å². The smallest absolute Gasteiger partial charge is 0.254 e. The normalized spacial score (nSPS) is 14.4. The van der Waals surface area contributed by atoms with E-state index in [4.69, 9.17) is 14.7 Å². The minimum atomic E-state index is -3.86. The van der Waals surface area contributed by atoms with Gasteiger partial charge in [-0.15, -0.1) is 6.58 Å². The molecule has 0 unspecified atom stereocenters. The number of hydrogen-bond donors (Lipinski definition) is 0. The number of nitrogens with zero attached hydrogens (tertiary/aromatic N) is 3. The molecule has 0 radical (unpaired) electrons. The lowest BCUT2D eigenvalue weighted by atomic mass is 10.1. The Hall–Kier alpha value is -3.19. The average molecular weight is 456 g/mol. The van der Waals surface area contributed by atoms with Gasteiger partial charge in [-0.1, -0.05) is 18.2 Å². The monoisotopic (exact) mass is 455 g/mol. The van der Waals surface area contributed by atoms with Crippen LogP contribution in [-0.2, 0) is 21.3 Å². The fraction of sp³-hybridized carbons (Fsp3) is 0.304. The number of rotatable bonds is 8. The molecule has 0 aromatic heterocycles. The summed E-state index contributed by atoms with van der Waals surface area (Å²) in [6, 6.07) is 13.4. The maximum atomic E-state index is 13.3. The number of carbonyl (C=O) groups excluding carboxylic acids is 1. The van der Waals surface area contributed by atoms with Crippen LogP contribution in [0.1, 0.15) is 21.5 Å². The number of nitriles is 1. The predicted molar refractivity (Wildman–Crippen MR) is 119 cm³/mol. The molecule has 1 aliphatic heterocycles. The van der Waals surface area contributed by atoms with Gasteiger partial charge in [0.25, 0.3) is 5.91 Å². The van der Waals surface area contributed by atoms with Crippen LogP contribution in [0.15, 0.2) is 60.0 Å². The van der Waals surface area contributed by atoms with E-state index >= 15 is 0 Å². The summed E-state index contributed by atoms with van der Waals surface area (Å²) in [5.41, 5.74) is 1.60. The molecule has 0 saturated carbocycles. The topological polar surface area (TPSA) is 99.9 Å². The Morgan fingerprint density at radius 3 is 2.53 bits per heavy atom. The van der Waals surface area contributed by atoms with E-state index in [0.717, 1.165) is 5.56 Å². The predicted octanol–water partition coefficient (Wildman–Crippen LogP) is 2.42. The highest BCUT2D eigenvalue weighted by Crippen LogP contribution is 2.29. The molecule has 0 N–H and O–H groups in total. The first-order valence-electron chi connectivity index (χ1n) is 10.1. The molecule has 0 bridgehead atoms. The molecule has 1 heterocycles. The van der Waals surface area contributed by atoms with E-state index < -0.39 is 10.0 Å². The Morgan fingerprint density at radius 2 is 1.94 bits per heavy atom. The minimum Gasteiger partial charge on any atom is -0.495 e.